The van der Waals surface area contributed by atoms with Gasteiger partial charge in [-0.25, -0.2) is 0 Å². The van der Waals surface area contributed by atoms with Gasteiger partial charge in [0.25, 0.3) is 0 Å². The fourth-order valence-electron chi connectivity index (χ4n) is 5.03. The molecular weight excluding hydrogens is 288 g/mol. The number of rotatable bonds is 1. The average Bonchev–Trinajstić information content (AvgIpc) is 3.38. The van der Waals surface area contributed by atoms with E-state index in [1.54, 1.807) is 11.1 Å². The summed E-state index contributed by atoms with van der Waals surface area (Å²) in [5.74, 6) is 1.85. The lowest BCUT2D eigenvalue weighted by atomic mass is 9.74. The second-order valence-corrected chi connectivity index (χ2v) is 7.79. The van der Waals surface area contributed by atoms with Crippen molar-refractivity contribution in [3.63, 3.8) is 0 Å². The molecule has 2 unspecified atom stereocenters. The van der Waals surface area contributed by atoms with Crippen LogP contribution in [0, 0.1) is 0 Å². The van der Waals surface area contributed by atoms with Crippen LogP contribution in [0.4, 0.5) is 0 Å². The minimum absolute atomic E-state index is 0.0713. The zero-order valence-electron chi connectivity index (χ0n) is 14.2. The van der Waals surface area contributed by atoms with Crippen LogP contribution in [0.2, 0.25) is 0 Å². The maximum absolute atomic E-state index is 2.38. The Labute approximate surface area is 144 Å². The topological polar surface area (TPSA) is 0 Å². The molecule has 0 spiro atoms. The van der Waals surface area contributed by atoms with E-state index in [2.05, 4.69) is 92.7 Å². The van der Waals surface area contributed by atoms with Crippen LogP contribution in [0.5, 0.6) is 0 Å². The molecule has 0 radical (unpaired) electrons. The molecule has 3 aromatic carbocycles. The normalized spacial score (nSPS) is 25.8. The van der Waals surface area contributed by atoms with E-state index in [1.807, 2.05) is 0 Å². The molecule has 0 aromatic heterocycles. The second kappa shape index (κ2) is 4.83. The number of hydrogen-bond acceptors (Lipinski definition) is 0. The van der Waals surface area contributed by atoms with Gasteiger partial charge >= 0.3 is 0 Å². The summed E-state index contributed by atoms with van der Waals surface area (Å²) in [4.78, 5) is 0. The molecule has 0 heterocycles. The van der Waals surface area contributed by atoms with Gasteiger partial charge in [0.2, 0.25) is 0 Å². The van der Waals surface area contributed by atoms with E-state index in [-0.39, 0.29) is 5.41 Å². The van der Waals surface area contributed by atoms with Crippen LogP contribution < -0.4 is 0 Å². The van der Waals surface area contributed by atoms with E-state index in [0.29, 0.717) is 17.8 Å². The maximum atomic E-state index is 2.38. The van der Waals surface area contributed by atoms with E-state index in [0.717, 1.165) is 0 Å². The molecule has 2 aliphatic carbocycles. The van der Waals surface area contributed by atoms with Gasteiger partial charge in [-0.2, -0.15) is 0 Å². The molecule has 1 saturated carbocycles. The summed E-state index contributed by atoms with van der Waals surface area (Å²) in [5.41, 5.74) is 7.67. The first kappa shape index (κ1) is 14.0. The highest BCUT2D eigenvalue weighted by atomic mass is 14.6. The van der Waals surface area contributed by atoms with Crippen molar-refractivity contribution in [3.8, 4) is 0 Å². The van der Waals surface area contributed by atoms with Crippen LogP contribution in [-0.4, -0.2) is 0 Å². The Morgan fingerprint density at radius 2 is 1.00 bits per heavy atom. The molecule has 2 atom stereocenters. The van der Waals surface area contributed by atoms with E-state index < -0.39 is 0 Å². The summed E-state index contributed by atoms with van der Waals surface area (Å²) in [6.45, 7) is 4.76. The Kier molecular flexibility index (Phi) is 2.83. The van der Waals surface area contributed by atoms with Crippen LogP contribution in [0.3, 0.4) is 0 Å². The van der Waals surface area contributed by atoms with Crippen molar-refractivity contribution in [3.05, 3.63) is 107 Å². The SMILES string of the molecule is CC1(C)c2ccccc2C2C(c3ccccc3)C2c2ccccc21. The Balaban J connectivity index is 1.77. The summed E-state index contributed by atoms with van der Waals surface area (Å²) in [6.07, 6.45) is 0. The highest BCUT2D eigenvalue weighted by molar-refractivity contribution is 5.59. The third-order valence-electron chi connectivity index (χ3n) is 6.19. The van der Waals surface area contributed by atoms with Gasteiger partial charge in [-0.15, -0.1) is 0 Å². The largest absolute Gasteiger partial charge is 0.0622 e. The molecule has 3 aromatic rings. The predicted octanol–water partition coefficient (Wildman–Crippen LogP) is 5.99. The maximum Gasteiger partial charge on any atom is 0.0152 e. The van der Waals surface area contributed by atoms with Gasteiger partial charge in [0, 0.05) is 5.41 Å². The van der Waals surface area contributed by atoms with Crippen molar-refractivity contribution < 1.29 is 0 Å². The van der Waals surface area contributed by atoms with Crippen LogP contribution in [0.1, 0.15) is 59.4 Å². The molecule has 1 fully saturated rings. The van der Waals surface area contributed by atoms with Crippen molar-refractivity contribution in [1.29, 1.82) is 0 Å². The quantitative estimate of drug-likeness (QED) is 0.518. The Hall–Kier alpha value is -2.34. The Morgan fingerprint density at radius 1 is 0.542 bits per heavy atom. The third-order valence-corrected chi connectivity index (χ3v) is 6.19. The Bertz CT molecular complexity index is 849. The van der Waals surface area contributed by atoms with Crippen LogP contribution in [0.15, 0.2) is 78.9 Å². The average molecular weight is 310 g/mol. The van der Waals surface area contributed by atoms with E-state index in [9.17, 15) is 0 Å². The molecule has 118 valence electrons. The third kappa shape index (κ3) is 1.80. The summed E-state index contributed by atoms with van der Waals surface area (Å²) in [5, 5.41) is 0. The summed E-state index contributed by atoms with van der Waals surface area (Å²) < 4.78 is 0. The molecule has 0 N–H and O–H groups in total. The van der Waals surface area contributed by atoms with Crippen molar-refractivity contribution in [2.45, 2.75) is 37.0 Å². The minimum Gasteiger partial charge on any atom is -0.0622 e. The van der Waals surface area contributed by atoms with Gasteiger partial charge in [-0.1, -0.05) is 92.7 Å². The first-order valence-electron chi connectivity index (χ1n) is 8.93. The smallest absolute Gasteiger partial charge is 0.0152 e. The lowest BCUT2D eigenvalue weighted by Gasteiger charge is -2.29. The summed E-state index contributed by atoms with van der Waals surface area (Å²) >= 11 is 0. The van der Waals surface area contributed by atoms with E-state index in [4.69, 9.17) is 0 Å². The highest BCUT2D eigenvalue weighted by Crippen LogP contribution is 2.69. The monoisotopic (exact) mass is 310 g/mol. The number of fused-ring (bicyclic) bond motifs is 5. The molecular formula is C24H22. The van der Waals surface area contributed by atoms with E-state index >= 15 is 0 Å². The molecule has 2 aliphatic rings. The van der Waals surface area contributed by atoms with Gasteiger partial charge in [0.05, 0.1) is 0 Å². The van der Waals surface area contributed by atoms with E-state index in [1.165, 1.54) is 16.7 Å². The number of benzene rings is 3. The lowest BCUT2D eigenvalue weighted by molar-refractivity contribution is 0.629. The summed E-state index contributed by atoms with van der Waals surface area (Å²) in [7, 11) is 0. The van der Waals surface area contributed by atoms with Crippen LogP contribution in [0.25, 0.3) is 0 Å². The summed E-state index contributed by atoms with van der Waals surface area (Å²) in [6, 6.07) is 29.3. The van der Waals surface area contributed by atoms with Crippen molar-refractivity contribution in [2.75, 3.05) is 0 Å². The molecule has 0 heteroatoms. The van der Waals surface area contributed by atoms with Gasteiger partial charge in [-0.05, 0) is 45.6 Å². The van der Waals surface area contributed by atoms with Crippen LogP contribution in [-0.2, 0) is 5.41 Å². The fourth-order valence-corrected chi connectivity index (χ4v) is 5.03. The molecule has 5 rings (SSSR count). The first-order valence-corrected chi connectivity index (χ1v) is 8.93. The van der Waals surface area contributed by atoms with Gasteiger partial charge in [-0.3, -0.25) is 0 Å². The standard InChI is InChI=1S/C24H22/c1-24(2)19-14-8-6-12-17(19)22-21(16-10-4-3-5-11-16)23(22)18-13-7-9-15-20(18)24/h3-15,21-23H,1-2H3. The molecule has 0 nitrogen and oxygen atoms in total. The van der Waals surface area contributed by atoms with Gasteiger partial charge < -0.3 is 0 Å². The number of hydrogen-bond donors (Lipinski definition) is 0. The van der Waals surface area contributed by atoms with Crippen molar-refractivity contribution >= 4 is 0 Å². The van der Waals surface area contributed by atoms with Gasteiger partial charge in [0.15, 0.2) is 0 Å². The molecule has 24 heavy (non-hydrogen) atoms. The molecule has 0 amide bonds. The molecule has 0 bridgehead atoms. The highest BCUT2D eigenvalue weighted by Gasteiger charge is 2.56. The van der Waals surface area contributed by atoms with Crippen LogP contribution >= 0.6 is 0 Å². The molecule has 0 saturated heterocycles. The minimum atomic E-state index is 0.0713. The fraction of sp³-hybridized carbons (Fsp3) is 0.250. The predicted molar refractivity (Wildman–Crippen MR) is 99.7 cm³/mol. The van der Waals surface area contributed by atoms with Crippen molar-refractivity contribution in [1.82, 2.24) is 0 Å². The molecule has 0 aliphatic heterocycles. The zero-order valence-corrected chi connectivity index (χ0v) is 14.2. The second-order valence-electron chi connectivity index (χ2n) is 7.79. The van der Waals surface area contributed by atoms with Crippen molar-refractivity contribution in [2.24, 2.45) is 0 Å². The Morgan fingerprint density at radius 3 is 1.54 bits per heavy atom. The van der Waals surface area contributed by atoms with Gasteiger partial charge in [0.1, 0.15) is 0 Å². The zero-order chi connectivity index (χ0) is 16.3. The first-order chi connectivity index (χ1) is 11.7. The lowest BCUT2D eigenvalue weighted by Crippen LogP contribution is -2.21.